The molecule has 2 rings (SSSR count). The van der Waals surface area contributed by atoms with Crippen molar-refractivity contribution >= 4 is 10.4 Å². The van der Waals surface area contributed by atoms with Crippen LogP contribution < -0.4 is 0 Å². The maximum absolute atomic E-state index is 10.3. The average Bonchev–Trinajstić information content (AvgIpc) is 2.83. The molecule has 19 heavy (non-hydrogen) atoms. The number of aromatic nitrogens is 3. The highest BCUT2D eigenvalue weighted by atomic mass is 32.3. The van der Waals surface area contributed by atoms with E-state index < -0.39 is 10.4 Å². The highest BCUT2D eigenvalue weighted by Crippen LogP contribution is 2.14. The van der Waals surface area contributed by atoms with Crippen molar-refractivity contribution in [2.75, 3.05) is 6.61 Å². The maximum atomic E-state index is 10.3. The first-order valence-corrected chi connectivity index (χ1v) is 6.98. The third-order valence-corrected chi connectivity index (χ3v) is 2.84. The molecule has 0 aliphatic rings. The summed E-state index contributed by atoms with van der Waals surface area (Å²) in [5.74, 6) is 0. The molecule has 0 atom stereocenters. The van der Waals surface area contributed by atoms with Gasteiger partial charge in [0, 0.05) is 12.1 Å². The van der Waals surface area contributed by atoms with Crippen molar-refractivity contribution in [3.05, 3.63) is 36.5 Å². The Labute approximate surface area is 110 Å². The van der Waals surface area contributed by atoms with Crippen molar-refractivity contribution in [2.45, 2.75) is 13.0 Å². The van der Waals surface area contributed by atoms with E-state index in [1.807, 2.05) is 30.3 Å². The minimum atomic E-state index is -4.36. The first-order valence-electron chi connectivity index (χ1n) is 5.62. The van der Waals surface area contributed by atoms with Gasteiger partial charge < -0.3 is 0 Å². The van der Waals surface area contributed by atoms with Crippen LogP contribution in [-0.2, 0) is 21.1 Å². The van der Waals surface area contributed by atoms with Gasteiger partial charge in [0.1, 0.15) is 5.69 Å². The molecule has 0 bridgehead atoms. The van der Waals surface area contributed by atoms with Gasteiger partial charge >= 0.3 is 10.4 Å². The van der Waals surface area contributed by atoms with E-state index in [4.69, 9.17) is 4.55 Å². The van der Waals surface area contributed by atoms with E-state index in [1.165, 1.54) is 0 Å². The van der Waals surface area contributed by atoms with E-state index in [-0.39, 0.29) is 6.61 Å². The number of rotatable bonds is 6. The Morgan fingerprint density at radius 2 is 2.00 bits per heavy atom. The van der Waals surface area contributed by atoms with Crippen LogP contribution in [0.4, 0.5) is 0 Å². The summed E-state index contributed by atoms with van der Waals surface area (Å²) in [5.41, 5.74) is 1.71. The lowest BCUT2D eigenvalue weighted by atomic mass is 10.2. The van der Waals surface area contributed by atoms with Crippen LogP contribution in [0.25, 0.3) is 11.3 Å². The molecule has 1 heterocycles. The van der Waals surface area contributed by atoms with Crippen molar-refractivity contribution in [1.29, 1.82) is 0 Å². The average molecular weight is 283 g/mol. The summed E-state index contributed by atoms with van der Waals surface area (Å²) in [6, 6.07) is 9.59. The molecule has 2 aromatic rings. The van der Waals surface area contributed by atoms with Crippen LogP contribution in [0.2, 0.25) is 0 Å². The monoisotopic (exact) mass is 283 g/mol. The summed E-state index contributed by atoms with van der Waals surface area (Å²) in [7, 11) is -4.36. The van der Waals surface area contributed by atoms with Crippen LogP contribution in [-0.4, -0.2) is 34.6 Å². The van der Waals surface area contributed by atoms with Gasteiger partial charge in [-0.3, -0.25) is 9.23 Å². The van der Waals surface area contributed by atoms with E-state index in [2.05, 4.69) is 14.5 Å². The minimum absolute atomic E-state index is 0.0979. The molecule has 0 fully saturated rings. The molecule has 1 aromatic heterocycles. The SMILES string of the molecule is O=S(=O)(O)OCCCn1cc(-c2ccccc2)nn1. The molecule has 0 radical (unpaired) electrons. The molecule has 0 amide bonds. The van der Waals surface area contributed by atoms with Gasteiger partial charge in [-0.2, -0.15) is 8.42 Å². The van der Waals surface area contributed by atoms with E-state index in [9.17, 15) is 8.42 Å². The van der Waals surface area contributed by atoms with E-state index in [0.29, 0.717) is 13.0 Å². The lowest BCUT2D eigenvalue weighted by molar-refractivity contribution is 0.257. The maximum Gasteiger partial charge on any atom is 0.397 e. The van der Waals surface area contributed by atoms with Crippen molar-refractivity contribution in [3.63, 3.8) is 0 Å². The van der Waals surface area contributed by atoms with Crippen LogP contribution >= 0.6 is 0 Å². The van der Waals surface area contributed by atoms with Gasteiger partial charge in [0.15, 0.2) is 0 Å². The third-order valence-electron chi connectivity index (χ3n) is 2.37. The largest absolute Gasteiger partial charge is 0.397 e. The van der Waals surface area contributed by atoms with E-state index >= 15 is 0 Å². The van der Waals surface area contributed by atoms with Gasteiger partial charge in [-0.05, 0) is 6.42 Å². The van der Waals surface area contributed by atoms with Gasteiger partial charge in [-0.25, -0.2) is 4.18 Å². The third kappa shape index (κ3) is 4.43. The van der Waals surface area contributed by atoms with Crippen LogP contribution in [0, 0.1) is 0 Å². The molecule has 0 aliphatic carbocycles. The predicted octanol–water partition coefficient (Wildman–Crippen LogP) is 1.15. The smallest absolute Gasteiger partial charge is 0.264 e. The van der Waals surface area contributed by atoms with Crippen molar-refractivity contribution in [2.24, 2.45) is 0 Å². The minimum Gasteiger partial charge on any atom is -0.264 e. The molecule has 0 saturated heterocycles. The van der Waals surface area contributed by atoms with Gasteiger partial charge in [0.25, 0.3) is 0 Å². The molecule has 0 saturated carbocycles. The van der Waals surface area contributed by atoms with E-state index in [1.54, 1.807) is 10.9 Å². The fourth-order valence-corrected chi connectivity index (χ4v) is 1.87. The summed E-state index contributed by atoms with van der Waals surface area (Å²) < 4.78 is 34.8. The van der Waals surface area contributed by atoms with Crippen molar-refractivity contribution in [3.8, 4) is 11.3 Å². The summed E-state index contributed by atoms with van der Waals surface area (Å²) in [6.45, 7) is 0.356. The Hall–Kier alpha value is -1.77. The highest BCUT2D eigenvalue weighted by Gasteiger charge is 2.05. The molecule has 8 heteroatoms. The molecule has 0 aliphatic heterocycles. The lowest BCUT2D eigenvalue weighted by Gasteiger charge is -2.00. The second-order valence-corrected chi connectivity index (χ2v) is 4.93. The predicted molar refractivity (Wildman–Crippen MR) is 67.6 cm³/mol. The van der Waals surface area contributed by atoms with Crippen LogP contribution in [0.1, 0.15) is 6.42 Å². The Kier molecular flexibility index (Phi) is 4.25. The first kappa shape index (κ1) is 13.7. The molecular weight excluding hydrogens is 270 g/mol. The summed E-state index contributed by atoms with van der Waals surface area (Å²) in [6.07, 6.45) is 2.17. The zero-order chi connectivity index (χ0) is 13.7. The number of hydrogen-bond acceptors (Lipinski definition) is 5. The summed E-state index contributed by atoms with van der Waals surface area (Å²) in [4.78, 5) is 0. The Bertz CT molecular complexity index is 624. The van der Waals surface area contributed by atoms with Crippen molar-refractivity contribution in [1.82, 2.24) is 15.0 Å². The van der Waals surface area contributed by atoms with Gasteiger partial charge in [0.05, 0.1) is 12.8 Å². The molecule has 0 spiro atoms. The van der Waals surface area contributed by atoms with Gasteiger partial charge in [-0.1, -0.05) is 35.5 Å². The highest BCUT2D eigenvalue weighted by molar-refractivity contribution is 7.80. The topological polar surface area (TPSA) is 94.3 Å². The summed E-state index contributed by atoms with van der Waals surface area (Å²) >= 11 is 0. The van der Waals surface area contributed by atoms with Crippen LogP contribution in [0.15, 0.2) is 36.5 Å². The zero-order valence-corrected chi connectivity index (χ0v) is 10.8. The molecule has 1 N–H and O–H groups in total. The van der Waals surface area contributed by atoms with Crippen LogP contribution in [0.3, 0.4) is 0 Å². The zero-order valence-electron chi connectivity index (χ0n) is 10.0. The molecule has 7 nitrogen and oxygen atoms in total. The van der Waals surface area contributed by atoms with E-state index in [0.717, 1.165) is 11.3 Å². The normalized spacial score (nSPS) is 11.6. The van der Waals surface area contributed by atoms with Gasteiger partial charge in [-0.15, -0.1) is 5.10 Å². The number of aryl methyl sites for hydroxylation is 1. The Morgan fingerprint density at radius 3 is 2.68 bits per heavy atom. The molecular formula is C11H13N3O4S. The van der Waals surface area contributed by atoms with Crippen LogP contribution in [0.5, 0.6) is 0 Å². The van der Waals surface area contributed by atoms with Gasteiger partial charge in [0.2, 0.25) is 0 Å². The number of nitrogens with zero attached hydrogens (tertiary/aromatic N) is 3. The fraction of sp³-hybridized carbons (Fsp3) is 0.273. The lowest BCUT2D eigenvalue weighted by Crippen LogP contribution is -2.08. The second-order valence-electron chi connectivity index (χ2n) is 3.84. The second kappa shape index (κ2) is 5.91. The standard InChI is InChI=1S/C11H13N3O4S/c15-19(16,17)18-8-4-7-14-9-11(12-13-14)10-5-2-1-3-6-10/h1-3,5-6,9H,4,7-8H2,(H,15,16,17). The van der Waals surface area contributed by atoms with Crippen molar-refractivity contribution < 1.29 is 17.2 Å². The fourth-order valence-electron chi connectivity index (χ4n) is 1.54. The molecule has 0 unspecified atom stereocenters. The number of benzene rings is 1. The Morgan fingerprint density at radius 1 is 1.26 bits per heavy atom. The molecule has 102 valence electrons. The molecule has 1 aromatic carbocycles. The Balaban J connectivity index is 1.88. The summed E-state index contributed by atoms with van der Waals surface area (Å²) in [5, 5.41) is 7.94. The number of hydrogen-bond donors (Lipinski definition) is 1. The quantitative estimate of drug-likeness (QED) is 0.631. The first-order chi connectivity index (χ1) is 9.04.